The number of alkyl halides is 3. The summed E-state index contributed by atoms with van der Waals surface area (Å²) < 4.78 is 50.3. The average Bonchev–Trinajstić information content (AvgIpc) is 3.00. The van der Waals surface area contributed by atoms with E-state index in [2.05, 4.69) is 15.3 Å². The zero-order valence-electron chi connectivity index (χ0n) is 20.7. The number of hydrogen-bond donors (Lipinski definition) is 5. The van der Waals surface area contributed by atoms with E-state index in [1.54, 1.807) is 0 Å². The monoisotopic (exact) mass is 539 g/mol. The van der Waals surface area contributed by atoms with E-state index in [1.165, 1.54) is 44.4 Å². The van der Waals surface area contributed by atoms with Crippen LogP contribution in [0, 0.1) is 0 Å². The molecule has 0 bridgehead atoms. The fraction of sp³-hybridized carbons (Fsp3) is 0.458. The van der Waals surface area contributed by atoms with Crippen molar-refractivity contribution in [2.75, 3.05) is 19.0 Å². The summed E-state index contributed by atoms with van der Waals surface area (Å²) >= 11 is 0. The Hall–Kier alpha value is -3.55. The highest BCUT2D eigenvalue weighted by Gasteiger charge is 2.75. The van der Waals surface area contributed by atoms with Crippen LogP contribution in [-0.2, 0) is 10.9 Å². The van der Waals surface area contributed by atoms with Crippen LogP contribution in [0.2, 0.25) is 0 Å². The first kappa shape index (κ1) is 29.0. The maximum absolute atomic E-state index is 13.3. The number of nitrogens with zero attached hydrogens (tertiary/aromatic N) is 3. The number of anilines is 1. The number of carbonyl (C=O) groups excluding carboxylic acids is 1. The summed E-state index contributed by atoms with van der Waals surface area (Å²) in [4.78, 5) is 15.6. The van der Waals surface area contributed by atoms with Crippen molar-refractivity contribution in [3.63, 3.8) is 0 Å². The zero-order valence-corrected chi connectivity index (χ0v) is 20.7. The summed E-state index contributed by atoms with van der Waals surface area (Å²) in [5.41, 5.74) is 7.44. The number of ether oxygens (including phenoxy) is 2. The Bertz CT molecular complexity index is 1220. The minimum Gasteiger partial charge on any atom is -0.497 e. The van der Waals surface area contributed by atoms with Gasteiger partial charge in [0, 0.05) is 10.6 Å². The highest BCUT2D eigenvalue weighted by molar-refractivity contribution is 5.89. The molecule has 14 heteroatoms. The molecule has 0 amide bonds. The number of nitrogens with one attached hydrogen (secondary N) is 1. The summed E-state index contributed by atoms with van der Waals surface area (Å²) in [6.45, 7) is 1.20. The number of nitrogens with two attached hydrogens (primary N) is 1. The van der Waals surface area contributed by atoms with Gasteiger partial charge in [0.1, 0.15) is 23.1 Å². The topological polar surface area (TPSA) is 183 Å². The van der Waals surface area contributed by atoms with Crippen LogP contribution >= 0.6 is 0 Å². The third-order valence-electron chi connectivity index (χ3n) is 7.22. The molecule has 2 aromatic rings. The molecule has 1 aliphatic carbocycles. The number of hydrogen-bond acceptors (Lipinski definition) is 9. The van der Waals surface area contributed by atoms with Gasteiger partial charge in [-0.2, -0.15) is 13.2 Å². The summed E-state index contributed by atoms with van der Waals surface area (Å²) in [6.07, 6.45) is -6.13. The van der Waals surface area contributed by atoms with Crippen molar-refractivity contribution in [3.05, 3.63) is 70.1 Å². The largest absolute Gasteiger partial charge is 0.497 e. The Kier molecular flexibility index (Phi) is 7.87. The molecule has 6 atom stereocenters. The van der Waals surface area contributed by atoms with Gasteiger partial charge in [-0.15, -0.1) is 0 Å². The number of rotatable bonds is 8. The van der Waals surface area contributed by atoms with Gasteiger partial charge in [-0.3, -0.25) is 0 Å². The predicted octanol–water partition coefficient (Wildman–Crippen LogP) is 2.60. The molecule has 0 spiro atoms. The first-order valence-corrected chi connectivity index (χ1v) is 11.3. The van der Waals surface area contributed by atoms with Crippen molar-refractivity contribution in [2.45, 2.75) is 55.0 Å². The Balaban J connectivity index is 2.04. The molecule has 0 radical (unpaired) electrons. The smallest absolute Gasteiger partial charge is 0.416 e. The number of aliphatic hydroxyl groups is 3. The molecule has 1 fully saturated rings. The van der Waals surface area contributed by atoms with E-state index in [0.717, 1.165) is 25.1 Å². The number of azide groups is 1. The lowest BCUT2D eigenvalue weighted by Gasteiger charge is -2.46. The van der Waals surface area contributed by atoms with Crippen molar-refractivity contribution in [1.82, 2.24) is 0 Å². The zero-order chi connectivity index (χ0) is 28.5. The summed E-state index contributed by atoms with van der Waals surface area (Å²) in [5.74, 6) is -0.397. The lowest BCUT2D eigenvalue weighted by molar-refractivity contribution is -0.180. The summed E-state index contributed by atoms with van der Waals surface area (Å²) in [6, 6.07) is 6.51. The molecule has 38 heavy (non-hydrogen) atoms. The number of halogens is 3. The van der Waals surface area contributed by atoms with Gasteiger partial charge < -0.3 is 35.8 Å². The third-order valence-corrected chi connectivity index (χ3v) is 7.22. The highest BCUT2D eigenvalue weighted by atomic mass is 19.4. The van der Waals surface area contributed by atoms with Crippen LogP contribution in [0.15, 0.2) is 53.6 Å². The van der Waals surface area contributed by atoms with Crippen LogP contribution in [0.25, 0.3) is 10.4 Å². The molecule has 0 aromatic heterocycles. The molecule has 1 unspecified atom stereocenters. The van der Waals surface area contributed by atoms with Gasteiger partial charge in [-0.25, -0.2) is 4.79 Å². The van der Waals surface area contributed by atoms with E-state index in [1.807, 2.05) is 0 Å². The van der Waals surface area contributed by atoms with Crippen LogP contribution in [0.5, 0.6) is 5.75 Å². The predicted molar refractivity (Wildman–Crippen MR) is 129 cm³/mol. The number of methoxy groups -OCH3 is 1. The molecular weight excluding hydrogens is 511 g/mol. The highest BCUT2D eigenvalue weighted by Crippen LogP contribution is 2.50. The van der Waals surface area contributed by atoms with Gasteiger partial charge >= 0.3 is 12.1 Å². The maximum Gasteiger partial charge on any atom is 0.416 e. The second-order valence-corrected chi connectivity index (χ2v) is 9.21. The molecule has 0 aliphatic heterocycles. The standard InChI is InChI=1S/C24H28F3N5O6/c1-13(38-20(34)14-7-9-17(37-3)10-8-14)23(28)19(31-32-29)18(22(36,12-33)21(23,2)35)30-16-6-4-5-15(11-16)24(25,26)27/h4-11,13,18-19,30,33,35-36H,12,28H2,1-3H3/t13-,18-,19?,21-,22+,23-/m0/s1. The Morgan fingerprint density at radius 1 is 1.26 bits per heavy atom. The number of carbonyl (C=O) groups is 1. The average molecular weight is 540 g/mol. The fourth-order valence-corrected chi connectivity index (χ4v) is 4.83. The van der Waals surface area contributed by atoms with E-state index >= 15 is 0 Å². The second kappa shape index (κ2) is 10.3. The number of benzene rings is 2. The molecule has 11 nitrogen and oxygen atoms in total. The normalized spacial score (nSPS) is 29.7. The van der Waals surface area contributed by atoms with Crippen molar-refractivity contribution >= 4 is 11.7 Å². The van der Waals surface area contributed by atoms with Gasteiger partial charge in [0.2, 0.25) is 0 Å². The first-order valence-electron chi connectivity index (χ1n) is 11.3. The van der Waals surface area contributed by atoms with Crippen molar-refractivity contribution in [1.29, 1.82) is 0 Å². The molecule has 1 saturated carbocycles. The third kappa shape index (κ3) is 4.72. The molecule has 3 rings (SSSR count). The van der Waals surface area contributed by atoms with Crippen molar-refractivity contribution in [3.8, 4) is 5.75 Å². The van der Waals surface area contributed by atoms with Gasteiger partial charge in [0.25, 0.3) is 0 Å². The van der Waals surface area contributed by atoms with Crippen LogP contribution < -0.4 is 15.8 Å². The minimum atomic E-state index is -4.68. The molecule has 0 saturated heterocycles. The van der Waals surface area contributed by atoms with E-state index < -0.39 is 59.2 Å². The van der Waals surface area contributed by atoms with E-state index in [-0.39, 0.29) is 11.3 Å². The SMILES string of the molecule is COc1ccc(C(=O)O[C@@H](C)[C@]2(N)C(N=[N+]=[N-])[C@H](Nc3cccc(C(F)(F)F)c3)[C@](O)(CO)[C@]2(C)O)cc1. The van der Waals surface area contributed by atoms with Gasteiger partial charge in [0.05, 0.1) is 42.5 Å². The van der Waals surface area contributed by atoms with Crippen molar-refractivity contribution < 1.29 is 42.8 Å². The van der Waals surface area contributed by atoms with Gasteiger partial charge in [-0.05, 0) is 61.8 Å². The second-order valence-electron chi connectivity index (χ2n) is 9.21. The number of aliphatic hydroxyl groups excluding tert-OH is 1. The summed E-state index contributed by atoms with van der Waals surface area (Å²) in [5, 5.41) is 39.4. The van der Waals surface area contributed by atoms with Crippen LogP contribution in [0.3, 0.4) is 0 Å². The molecule has 206 valence electrons. The lowest BCUT2D eigenvalue weighted by atomic mass is 9.74. The van der Waals surface area contributed by atoms with Gasteiger partial charge in [-0.1, -0.05) is 11.2 Å². The van der Waals surface area contributed by atoms with E-state index in [4.69, 9.17) is 15.2 Å². The minimum absolute atomic E-state index is 0.0929. The van der Waals surface area contributed by atoms with E-state index in [9.17, 15) is 38.8 Å². The fourth-order valence-electron chi connectivity index (χ4n) is 4.83. The Morgan fingerprint density at radius 2 is 1.89 bits per heavy atom. The molecule has 2 aromatic carbocycles. The number of esters is 1. The maximum atomic E-state index is 13.3. The molecule has 0 heterocycles. The Morgan fingerprint density at radius 3 is 2.42 bits per heavy atom. The molecule has 6 N–H and O–H groups in total. The van der Waals surface area contributed by atoms with Gasteiger partial charge in [0.15, 0.2) is 0 Å². The van der Waals surface area contributed by atoms with E-state index in [0.29, 0.717) is 5.75 Å². The van der Waals surface area contributed by atoms with Crippen LogP contribution in [0.1, 0.15) is 29.8 Å². The summed E-state index contributed by atoms with van der Waals surface area (Å²) in [7, 11) is 1.44. The van der Waals surface area contributed by atoms with Crippen LogP contribution in [-0.4, -0.2) is 69.9 Å². The molecular formula is C24H28F3N5O6. The van der Waals surface area contributed by atoms with Crippen molar-refractivity contribution in [2.24, 2.45) is 10.8 Å². The quantitative estimate of drug-likeness (QED) is 0.147. The molecule has 1 aliphatic rings. The Labute approximate surface area is 215 Å². The van der Waals surface area contributed by atoms with Crippen LogP contribution in [0.4, 0.5) is 18.9 Å². The lowest BCUT2D eigenvalue weighted by Crippen LogP contribution is -2.72. The first-order chi connectivity index (χ1) is 17.7.